The molecule has 3 amide bonds. The van der Waals surface area contributed by atoms with Gasteiger partial charge in [-0.25, -0.2) is 14.4 Å². The highest BCUT2D eigenvalue weighted by atomic mass is 16.6. The smallest absolute Gasteiger partial charge is 0.408 e. The second kappa shape index (κ2) is 22.2. The fourth-order valence-corrected chi connectivity index (χ4v) is 3.28. The van der Waals surface area contributed by atoms with Crippen LogP contribution in [0.5, 0.6) is 0 Å². The maximum Gasteiger partial charge on any atom is 0.408 e. The summed E-state index contributed by atoms with van der Waals surface area (Å²) in [5.74, 6) is -0.915. The normalized spacial score (nSPS) is 11.7. The Hall–Kier alpha value is -3.42. The maximum absolute atomic E-state index is 12.1. The van der Waals surface area contributed by atoms with Crippen LogP contribution < -0.4 is 16.0 Å². The number of ether oxygens (including phenoxy) is 6. The van der Waals surface area contributed by atoms with Crippen molar-refractivity contribution in [2.24, 2.45) is 0 Å². The molecule has 0 saturated heterocycles. The zero-order valence-electron chi connectivity index (χ0n) is 25.2. The van der Waals surface area contributed by atoms with E-state index in [1.165, 1.54) is 7.11 Å². The van der Waals surface area contributed by atoms with Gasteiger partial charge in [0.2, 0.25) is 5.91 Å². The predicted octanol–water partition coefficient (Wildman–Crippen LogP) is 2.71. The number of esters is 1. The van der Waals surface area contributed by atoms with Gasteiger partial charge in [-0.3, -0.25) is 4.79 Å². The number of methoxy groups -OCH3 is 1. The summed E-state index contributed by atoms with van der Waals surface area (Å²) >= 11 is 0. The van der Waals surface area contributed by atoms with Crippen molar-refractivity contribution in [3.63, 3.8) is 0 Å². The third kappa shape index (κ3) is 20.5. The Morgan fingerprint density at radius 2 is 1.36 bits per heavy atom. The minimum Gasteiger partial charge on any atom is -0.467 e. The number of amides is 3. The van der Waals surface area contributed by atoms with Gasteiger partial charge in [-0.2, -0.15) is 0 Å². The fourth-order valence-electron chi connectivity index (χ4n) is 3.28. The highest BCUT2D eigenvalue weighted by Gasteiger charge is 2.23. The van der Waals surface area contributed by atoms with Gasteiger partial charge in [0.25, 0.3) is 0 Å². The van der Waals surface area contributed by atoms with Gasteiger partial charge in [-0.1, -0.05) is 30.3 Å². The van der Waals surface area contributed by atoms with E-state index in [9.17, 15) is 19.2 Å². The summed E-state index contributed by atoms with van der Waals surface area (Å²) in [6, 6.07) is 8.13. The number of carbonyl (C=O) groups is 4. The molecule has 1 aromatic rings. The average Bonchev–Trinajstić information content (AvgIpc) is 2.95. The van der Waals surface area contributed by atoms with Gasteiger partial charge in [-0.15, -0.1) is 0 Å². The van der Waals surface area contributed by atoms with Gasteiger partial charge in [0.05, 0.1) is 33.5 Å². The number of hydrogen-bond donors (Lipinski definition) is 3. The zero-order valence-corrected chi connectivity index (χ0v) is 25.2. The lowest BCUT2D eigenvalue weighted by Gasteiger charge is -2.19. The molecule has 0 fully saturated rings. The van der Waals surface area contributed by atoms with Crippen LogP contribution in [0.4, 0.5) is 9.59 Å². The van der Waals surface area contributed by atoms with Crippen molar-refractivity contribution >= 4 is 24.1 Å². The highest BCUT2D eigenvalue weighted by molar-refractivity contribution is 5.82. The van der Waals surface area contributed by atoms with E-state index < -0.39 is 29.8 Å². The summed E-state index contributed by atoms with van der Waals surface area (Å²) in [7, 11) is 1.21. The number of rotatable bonds is 21. The molecule has 238 valence electrons. The lowest BCUT2D eigenvalue weighted by molar-refractivity contribution is -0.143. The minimum absolute atomic E-state index is 0.0236. The number of carbonyl (C=O) groups excluding carboxylic acids is 4. The summed E-state index contributed by atoms with van der Waals surface area (Å²) in [4.78, 5) is 47.7. The molecule has 13 nitrogen and oxygen atoms in total. The first-order chi connectivity index (χ1) is 20.1. The van der Waals surface area contributed by atoms with Gasteiger partial charge in [-0.05, 0) is 45.6 Å². The Morgan fingerprint density at radius 1 is 0.786 bits per heavy atom. The predicted molar refractivity (Wildman–Crippen MR) is 154 cm³/mol. The zero-order chi connectivity index (χ0) is 31.1. The first-order valence-corrected chi connectivity index (χ1v) is 14.1. The van der Waals surface area contributed by atoms with E-state index in [0.29, 0.717) is 65.6 Å². The lowest BCUT2D eigenvalue weighted by Crippen LogP contribution is -2.42. The molecule has 0 aromatic heterocycles. The monoisotopic (exact) mass is 597 g/mol. The SMILES string of the molecule is COC(=O)C(CCC(=O)NCCCOCCOCCOCCCNC(=O)OC(C)(C)C)NC(=O)OCc1ccccc1. The third-order valence-corrected chi connectivity index (χ3v) is 5.32. The molecule has 0 heterocycles. The lowest BCUT2D eigenvalue weighted by atomic mass is 10.1. The molecule has 1 rings (SSSR count). The Balaban J connectivity index is 1.99. The largest absolute Gasteiger partial charge is 0.467 e. The minimum atomic E-state index is -1.00. The second-order valence-electron chi connectivity index (χ2n) is 10.1. The van der Waals surface area contributed by atoms with E-state index in [0.717, 1.165) is 5.56 Å². The first-order valence-electron chi connectivity index (χ1n) is 14.1. The standard InChI is InChI=1S/C29H47N3O10/c1-29(2,3)42-27(35)31-15-9-17-39-19-21-40-20-18-38-16-8-14-30-25(33)13-12-24(26(34)37-4)32-28(36)41-22-23-10-6-5-7-11-23/h5-7,10-11,24H,8-9,12-22H2,1-4H3,(H,30,33)(H,31,35)(H,32,36). The van der Waals surface area contributed by atoms with Gasteiger partial charge in [0.15, 0.2) is 0 Å². The van der Waals surface area contributed by atoms with Gasteiger partial charge in [0.1, 0.15) is 18.2 Å². The number of hydrogen-bond acceptors (Lipinski definition) is 10. The van der Waals surface area contributed by atoms with Crippen LogP contribution in [0.2, 0.25) is 0 Å². The first kappa shape index (κ1) is 36.6. The van der Waals surface area contributed by atoms with Crippen molar-refractivity contribution in [3.8, 4) is 0 Å². The summed E-state index contributed by atoms with van der Waals surface area (Å²) in [5.41, 5.74) is 0.292. The summed E-state index contributed by atoms with van der Waals surface area (Å²) < 4.78 is 31.4. The van der Waals surface area contributed by atoms with Crippen molar-refractivity contribution in [2.45, 2.75) is 64.7 Å². The maximum atomic E-state index is 12.1. The van der Waals surface area contributed by atoms with Crippen LogP contribution in [0.25, 0.3) is 0 Å². The third-order valence-electron chi connectivity index (χ3n) is 5.32. The van der Waals surface area contributed by atoms with Crippen LogP contribution in [0.1, 0.15) is 52.0 Å². The molecular weight excluding hydrogens is 550 g/mol. The molecule has 0 aliphatic rings. The Morgan fingerprint density at radius 3 is 1.93 bits per heavy atom. The van der Waals surface area contributed by atoms with E-state index >= 15 is 0 Å². The van der Waals surface area contributed by atoms with E-state index in [1.807, 2.05) is 51.1 Å². The number of alkyl carbamates (subject to hydrolysis) is 2. The molecule has 0 bridgehead atoms. The molecule has 1 atom stereocenters. The van der Waals surface area contributed by atoms with E-state index in [2.05, 4.69) is 16.0 Å². The molecule has 0 saturated carbocycles. The van der Waals surface area contributed by atoms with E-state index in [-0.39, 0.29) is 25.4 Å². The number of benzene rings is 1. The molecule has 0 radical (unpaired) electrons. The molecule has 0 spiro atoms. The van der Waals surface area contributed by atoms with Crippen LogP contribution in [-0.4, -0.2) is 95.5 Å². The average molecular weight is 598 g/mol. The molecule has 1 unspecified atom stereocenters. The van der Waals surface area contributed by atoms with E-state index in [4.69, 9.17) is 28.4 Å². The number of nitrogens with one attached hydrogen (secondary N) is 3. The van der Waals surface area contributed by atoms with Crippen molar-refractivity contribution in [3.05, 3.63) is 35.9 Å². The fraction of sp³-hybridized carbons (Fsp3) is 0.655. The van der Waals surface area contributed by atoms with Crippen molar-refractivity contribution < 1.29 is 47.6 Å². The van der Waals surface area contributed by atoms with Gasteiger partial charge >= 0.3 is 18.2 Å². The molecule has 3 N–H and O–H groups in total. The Bertz CT molecular complexity index is 909. The molecule has 42 heavy (non-hydrogen) atoms. The van der Waals surface area contributed by atoms with Crippen LogP contribution in [0.15, 0.2) is 30.3 Å². The van der Waals surface area contributed by atoms with Crippen molar-refractivity contribution in [2.75, 3.05) is 59.8 Å². The summed E-state index contributed by atoms with van der Waals surface area (Å²) in [6.07, 6.45) is 0.163. The van der Waals surface area contributed by atoms with Gasteiger partial charge in [0, 0.05) is 32.7 Å². The van der Waals surface area contributed by atoms with Crippen molar-refractivity contribution in [1.29, 1.82) is 0 Å². The van der Waals surface area contributed by atoms with Crippen LogP contribution >= 0.6 is 0 Å². The topological polar surface area (TPSA) is 160 Å². The molecular formula is C29H47N3O10. The quantitative estimate of drug-likeness (QED) is 0.109. The van der Waals surface area contributed by atoms with Crippen LogP contribution in [-0.2, 0) is 44.6 Å². The molecule has 0 aliphatic carbocycles. The Labute approximate surface area is 248 Å². The molecule has 13 heteroatoms. The van der Waals surface area contributed by atoms with E-state index in [1.54, 1.807) is 0 Å². The molecule has 0 aliphatic heterocycles. The van der Waals surface area contributed by atoms with Crippen LogP contribution in [0.3, 0.4) is 0 Å². The second-order valence-corrected chi connectivity index (χ2v) is 10.1. The molecule has 1 aromatic carbocycles. The Kier molecular flexibility index (Phi) is 19.4. The highest BCUT2D eigenvalue weighted by Crippen LogP contribution is 2.06. The van der Waals surface area contributed by atoms with Gasteiger partial charge < -0.3 is 44.4 Å². The summed E-state index contributed by atoms with van der Waals surface area (Å²) in [6.45, 7) is 9.04. The summed E-state index contributed by atoms with van der Waals surface area (Å²) in [5, 5.41) is 7.88. The van der Waals surface area contributed by atoms with Crippen molar-refractivity contribution in [1.82, 2.24) is 16.0 Å². The van der Waals surface area contributed by atoms with Crippen LogP contribution in [0, 0.1) is 0 Å².